The van der Waals surface area contributed by atoms with E-state index in [1.54, 1.807) is 17.0 Å². The van der Waals surface area contributed by atoms with Crippen molar-refractivity contribution in [3.05, 3.63) is 47.5 Å². The van der Waals surface area contributed by atoms with E-state index >= 15 is 0 Å². The van der Waals surface area contributed by atoms with E-state index in [1.807, 2.05) is 19.1 Å². The molecule has 0 aliphatic carbocycles. The molecule has 21 heavy (non-hydrogen) atoms. The molecule has 1 atom stereocenters. The first-order valence-corrected chi connectivity index (χ1v) is 8.40. The van der Waals surface area contributed by atoms with Crippen LogP contribution in [0, 0.1) is 0 Å². The van der Waals surface area contributed by atoms with Crippen LogP contribution < -0.4 is 4.74 Å². The Morgan fingerprint density at radius 1 is 1.57 bits per heavy atom. The highest BCUT2D eigenvalue weighted by molar-refractivity contribution is 14.1. The van der Waals surface area contributed by atoms with Gasteiger partial charge in [-0.1, -0.05) is 52.9 Å². The maximum Gasteiger partial charge on any atom is 0.240 e. The minimum atomic E-state index is 0.000253. The molecule has 1 aromatic rings. The molecular formula is C16H17ClINO2. The summed E-state index contributed by atoms with van der Waals surface area (Å²) in [6.45, 7) is 6.65. The minimum absolute atomic E-state index is 0.000253. The zero-order chi connectivity index (χ0) is 15.4. The summed E-state index contributed by atoms with van der Waals surface area (Å²) in [5.41, 5.74) is 1.75. The largest absolute Gasteiger partial charge is 0.490 e. The van der Waals surface area contributed by atoms with E-state index in [0.29, 0.717) is 23.9 Å². The van der Waals surface area contributed by atoms with Crippen molar-refractivity contribution in [3.8, 4) is 5.75 Å². The number of carbonyl (C=O) groups excluding carboxylic acids is 1. The van der Waals surface area contributed by atoms with Crippen molar-refractivity contribution in [1.82, 2.24) is 4.90 Å². The number of carbonyl (C=O) groups is 1. The fourth-order valence-electron chi connectivity index (χ4n) is 2.24. The Kier molecular flexibility index (Phi) is 5.70. The molecule has 3 nitrogen and oxygen atoms in total. The number of nitrogens with zero attached hydrogens (tertiary/aromatic N) is 1. The summed E-state index contributed by atoms with van der Waals surface area (Å²) in [5.74, 6) is 0.833. The average Bonchev–Trinajstić information content (AvgIpc) is 2.48. The third-order valence-electron chi connectivity index (χ3n) is 3.24. The van der Waals surface area contributed by atoms with E-state index in [1.165, 1.54) is 0 Å². The van der Waals surface area contributed by atoms with Gasteiger partial charge in [0.25, 0.3) is 0 Å². The van der Waals surface area contributed by atoms with Crippen molar-refractivity contribution in [2.24, 2.45) is 0 Å². The SMILES string of the molecule is C=CCOc1ccc(C2=CCC(I)C(=O)N2CC)c(Cl)c1. The fraction of sp³-hybridized carbons (Fsp3) is 0.312. The van der Waals surface area contributed by atoms with E-state index in [2.05, 4.69) is 35.2 Å². The topological polar surface area (TPSA) is 29.5 Å². The number of amides is 1. The van der Waals surface area contributed by atoms with Crippen LogP contribution in [0.25, 0.3) is 5.70 Å². The quantitative estimate of drug-likeness (QED) is 0.406. The maximum absolute atomic E-state index is 12.3. The van der Waals surface area contributed by atoms with Crippen LogP contribution in [0.2, 0.25) is 5.02 Å². The first kappa shape index (κ1) is 16.4. The van der Waals surface area contributed by atoms with Crippen molar-refractivity contribution >= 4 is 45.8 Å². The summed E-state index contributed by atoms with van der Waals surface area (Å²) in [7, 11) is 0. The number of rotatable bonds is 5. The number of benzene rings is 1. The average molecular weight is 418 g/mol. The highest BCUT2D eigenvalue weighted by Crippen LogP contribution is 2.34. The molecule has 1 heterocycles. The Labute approximate surface area is 143 Å². The van der Waals surface area contributed by atoms with E-state index < -0.39 is 0 Å². The molecule has 1 amide bonds. The summed E-state index contributed by atoms with van der Waals surface area (Å²) in [4.78, 5) is 14.0. The van der Waals surface area contributed by atoms with Gasteiger partial charge in [-0.2, -0.15) is 0 Å². The lowest BCUT2D eigenvalue weighted by Crippen LogP contribution is -2.38. The Bertz CT molecular complexity index is 586. The van der Waals surface area contributed by atoms with Gasteiger partial charge in [0.1, 0.15) is 12.4 Å². The number of hydrogen-bond donors (Lipinski definition) is 0. The van der Waals surface area contributed by atoms with E-state index in [-0.39, 0.29) is 9.83 Å². The number of halogens is 2. The third kappa shape index (κ3) is 3.61. The lowest BCUT2D eigenvalue weighted by Gasteiger charge is -2.30. The highest BCUT2D eigenvalue weighted by Gasteiger charge is 2.28. The molecule has 0 aromatic heterocycles. The van der Waals surface area contributed by atoms with Crippen LogP contribution in [0.4, 0.5) is 0 Å². The summed E-state index contributed by atoms with van der Waals surface area (Å²) in [6.07, 6.45) is 4.49. The Hall–Kier alpha value is -1.01. The van der Waals surface area contributed by atoms with Gasteiger partial charge in [-0.25, -0.2) is 0 Å². The van der Waals surface area contributed by atoms with Crippen LogP contribution in [-0.2, 0) is 4.79 Å². The van der Waals surface area contributed by atoms with Crippen LogP contribution in [0.3, 0.4) is 0 Å². The van der Waals surface area contributed by atoms with Crippen molar-refractivity contribution in [2.45, 2.75) is 17.3 Å². The minimum Gasteiger partial charge on any atom is -0.490 e. The molecule has 0 radical (unpaired) electrons. The van der Waals surface area contributed by atoms with Crippen LogP contribution in [-0.4, -0.2) is 27.9 Å². The number of ether oxygens (including phenoxy) is 1. The molecule has 1 aliphatic rings. The molecule has 2 rings (SSSR count). The predicted octanol–water partition coefficient (Wildman–Crippen LogP) is 4.30. The van der Waals surface area contributed by atoms with Gasteiger partial charge in [-0.3, -0.25) is 4.79 Å². The zero-order valence-electron chi connectivity index (χ0n) is 11.8. The Morgan fingerprint density at radius 2 is 2.33 bits per heavy atom. The van der Waals surface area contributed by atoms with E-state index in [0.717, 1.165) is 17.7 Å². The predicted molar refractivity (Wildman–Crippen MR) is 94.9 cm³/mol. The van der Waals surface area contributed by atoms with E-state index in [9.17, 15) is 4.79 Å². The molecule has 0 saturated heterocycles. The van der Waals surface area contributed by atoms with Crippen LogP contribution in [0.15, 0.2) is 36.9 Å². The molecule has 0 fully saturated rings. The maximum atomic E-state index is 12.3. The standard InChI is InChI=1S/C16H17ClINO2/c1-3-9-21-11-5-6-12(13(17)10-11)15-8-7-14(18)16(20)19(15)4-2/h3,5-6,8,10,14H,1,4,7,9H2,2H3. The van der Waals surface area contributed by atoms with Crippen molar-refractivity contribution < 1.29 is 9.53 Å². The van der Waals surface area contributed by atoms with Gasteiger partial charge in [0, 0.05) is 17.8 Å². The number of allylic oxidation sites excluding steroid dienone is 1. The molecule has 1 aromatic carbocycles. The summed E-state index contributed by atoms with van der Waals surface area (Å²) in [5, 5.41) is 0.584. The van der Waals surface area contributed by atoms with Gasteiger partial charge in [0.05, 0.1) is 8.95 Å². The second kappa shape index (κ2) is 7.31. The Morgan fingerprint density at radius 3 is 2.95 bits per heavy atom. The molecule has 0 saturated carbocycles. The van der Waals surface area contributed by atoms with E-state index in [4.69, 9.17) is 16.3 Å². The molecule has 1 unspecified atom stereocenters. The van der Waals surface area contributed by atoms with Gasteiger partial charge in [-0.15, -0.1) is 0 Å². The molecular weight excluding hydrogens is 401 g/mol. The molecule has 0 spiro atoms. The van der Waals surface area contributed by atoms with Gasteiger partial charge >= 0.3 is 0 Å². The third-order valence-corrected chi connectivity index (χ3v) is 4.60. The number of alkyl halides is 1. The highest BCUT2D eigenvalue weighted by atomic mass is 127. The zero-order valence-corrected chi connectivity index (χ0v) is 14.7. The van der Waals surface area contributed by atoms with Crippen LogP contribution in [0.5, 0.6) is 5.75 Å². The van der Waals surface area contributed by atoms with Gasteiger partial charge in [0.15, 0.2) is 0 Å². The van der Waals surface area contributed by atoms with Crippen molar-refractivity contribution in [2.75, 3.05) is 13.2 Å². The van der Waals surface area contributed by atoms with Gasteiger partial charge in [0.2, 0.25) is 5.91 Å². The van der Waals surface area contributed by atoms with Gasteiger partial charge < -0.3 is 9.64 Å². The lowest BCUT2D eigenvalue weighted by atomic mass is 10.0. The molecule has 1 aliphatic heterocycles. The molecule has 0 N–H and O–H groups in total. The molecule has 112 valence electrons. The summed E-state index contributed by atoms with van der Waals surface area (Å²) in [6, 6.07) is 5.53. The van der Waals surface area contributed by atoms with Gasteiger partial charge in [-0.05, 0) is 31.5 Å². The fourth-order valence-corrected chi connectivity index (χ4v) is 3.10. The molecule has 5 heteroatoms. The summed E-state index contributed by atoms with van der Waals surface area (Å²) >= 11 is 8.54. The molecule has 0 bridgehead atoms. The second-order valence-electron chi connectivity index (χ2n) is 4.62. The number of hydrogen-bond acceptors (Lipinski definition) is 2. The van der Waals surface area contributed by atoms with Crippen LogP contribution >= 0.6 is 34.2 Å². The Balaban J connectivity index is 2.32. The lowest BCUT2D eigenvalue weighted by molar-refractivity contribution is -0.127. The summed E-state index contributed by atoms with van der Waals surface area (Å²) < 4.78 is 5.47. The second-order valence-corrected chi connectivity index (χ2v) is 6.53. The van der Waals surface area contributed by atoms with Crippen molar-refractivity contribution in [3.63, 3.8) is 0 Å². The first-order valence-electron chi connectivity index (χ1n) is 6.77. The normalized spacial score (nSPS) is 18.4. The smallest absolute Gasteiger partial charge is 0.240 e. The first-order chi connectivity index (χ1) is 10.1. The van der Waals surface area contributed by atoms with Crippen molar-refractivity contribution in [1.29, 1.82) is 0 Å². The monoisotopic (exact) mass is 417 g/mol. The van der Waals surface area contributed by atoms with Crippen LogP contribution in [0.1, 0.15) is 18.9 Å².